The van der Waals surface area contributed by atoms with E-state index in [1.165, 1.54) is 25.9 Å². The third-order valence-electron chi connectivity index (χ3n) is 2.71. The van der Waals surface area contributed by atoms with Crippen LogP contribution in [0.4, 0.5) is 4.79 Å². The minimum absolute atomic E-state index is 0.0473. The molecule has 1 unspecified atom stereocenters. The van der Waals surface area contributed by atoms with E-state index in [0.717, 1.165) is 6.54 Å². The average Bonchev–Trinajstić information content (AvgIpc) is 2.66. The number of amides is 1. The summed E-state index contributed by atoms with van der Waals surface area (Å²) in [5, 5.41) is 2.80. The van der Waals surface area contributed by atoms with Crippen LogP contribution in [0.2, 0.25) is 0 Å². The van der Waals surface area contributed by atoms with Crippen molar-refractivity contribution in [2.24, 2.45) is 5.92 Å². The Morgan fingerprint density at radius 2 is 1.94 bits per heavy atom. The lowest BCUT2D eigenvalue weighted by Crippen LogP contribution is -2.35. The summed E-state index contributed by atoms with van der Waals surface area (Å²) in [4.78, 5) is 13.7. The van der Waals surface area contributed by atoms with E-state index < -0.39 is 0 Å². The van der Waals surface area contributed by atoms with Crippen LogP contribution in [0.1, 0.15) is 33.6 Å². The Morgan fingerprint density at radius 3 is 2.50 bits per heavy atom. The Morgan fingerprint density at radius 1 is 1.31 bits per heavy atom. The van der Waals surface area contributed by atoms with Crippen LogP contribution in [-0.2, 0) is 4.74 Å². The second-order valence-corrected chi connectivity index (χ2v) is 4.95. The molecule has 4 nitrogen and oxygen atoms in total. The number of rotatable bonds is 5. The standard InChI is InChI=1S/C12H24N2O2/c1-10(2)16-12(15)13-8-11(3)9-14-6-4-5-7-14/h10-11H,4-9H2,1-3H3,(H,13,15). The van der Waals surface area contributed by atoms with Crippen molar-refractivity contribution in [1.82, 2.24) is 10.2 Å². The first kappa shape index (κ1) is 13.3. The normalized spacial score (nSPS) is 18.8. The van der Waals surface area contributed by atoms with Crippen molar-refractivity contribution in [1.29, 1.82) is 0 Å². The third kappa shape index (κ3) is 5.35. The molecule has 0 bridgehead atoms. The van der Waals surface area contributed by atoms with Crippen molar-refractivity contribution < 1.29 is 9.53 Å². The summed E-state index contributed by atoms with van der Waals surface area (Å²) in [6, 6.07) is 0. The van der Waals surface area contributed by atoms with Crippen LogP contribution in [0.15, 0.2) is 0 Å². The number of ether oxygens (including phenoxy) is 1. The van der Waals surface area contributed by atoms with Crippen molar-refractivity contribution in [3.63, 3.8) is 0 Å². The van der Waals surface area contributed by atoms with Gasteiger partial charge in [0.05, 0.1) is 6.10 Å². The second-order valence-electron chi connectivity index (χ2n) is 4.95. The highest BCUT2D eigenvalue weighted by atomic mass is 16.6. The van der Waals surface area contributed by atoms with E-state index in [4.69, 9.17) is 4.74 Å². The summed E-state index contributed by atoms with van der Waals surface area (Å²) in [5.41, 5.74) is 0. The van der Waals surface area contributed by atoms with Crippen LogP contribution in [0, 0.1) is 5.92 Å². The fraction of sp³-hybridized carbons (Fsp3) is 0.917. The summed E-state index contributed by atoms with van der Waals surface area (Å²) in [5.74, 6) is 0.484. The SMILES string of the molecule is CC(CNC(=O)OC(C)C)CN1CCCC1. The molecule has 1 atom stereocenters. The lowest BCUT2D eigenvalue weighted by atomic mass is 10.1. The predicted molar refractivity (Wildman–Crippen MR) is 64.5 cm³/mol. The van der Waals surface area contributed by atoms with Crippen LogP contribution in [0.5, 0.6) is 0 Å². The Labute approximate surface area is 98.3 Å². The highest BCUT2D eigenvalue weighted by Gasteiger charge is 2.15. The van der Waals surface area contributed by atoms with Gasteiger partial charge in [0, 0.05) is 13.1 Å². The van der Waals surface area contributed by atoms with Gasteiger partial charge < -0.3 is 15.0 Å². The van der Waals surface area contributed by atoms with E-state index in [1.54, 1.807) is 0 Å². The number of hydrogen-bond donors (Lipinski definition) is 1. The lowest BCUT2D eigenvalue weighted by Gasteiger charge is -2.20. The second kappa shape index (κ2) is 6.74. The Balaban J connectivity index is 2.09. The lowest BCUT2D eigenvalue weighted by molar-refractivity contribution is 0.113. The molecule has 4 heteroatoms. The Kier molecular flexibility index (Phi) is 5.60. The van der Waals surface area contributed by atoms with Gasteiger partial charge in [0.15, 0.2) is 0 Å². The van der Waals surface area contributed by atoms with Gasteiger partial charge in [-0.1, -0.05) is 6.92 Å². The molecule has 1 amide bonds. The number of alkyl carbamates (subject to hydrolysis) is 1. The van der Waals surface area contributed by atoms with E-state index >= 15 is 0 Å². The zero-order valence-corrected chi connectivity index (χ0v) is 10.7. The minimum Gasteiger partial charge on any atom is -0.447 e. The van der Waals surface area contributed by atoms with Crippen molar-refractivity contribution in [2.75, 3.05) is 26.2 Å². The molecule has 1 rings (SSSR count). The first-order valence-electron chi connectivity index (χ1n) is 6.24. The maximum Gasteiger partial charge on any atom is 0.407 e. The van der Waals surface area contributed by atoms with E-state index in [-0.39, 0.29) is 12.2 Å². The number of carbonyl (C=O) groups is 1. The molecular formula is C12H24N2O2. The fourth-order valence-electron chi connectivity index (χ4n) is 1.98. The summed E-state index contributed by atoms with van der Waals surface area (Å²) in [6.07, 6.45) is 2.28. The first-order valence-corrected chi connectivity index (χ1v) is 6.24. The van der Waals surface area contributed by atoms with Crippen LogP contribution in [-0.4, -0.2) is 43.3 Å². The highest BCUT2D eigenvalue weighted by molar-refractivity contribution is 5.67. The number of hydrogen-bond acceptors (Lipinski definition) is 3. The van der Waals surface area contributed by atoms with Crippen molar-refractivity contribution in [3.05, 3.63) is 0 Å². The minimum atomic E-state index is -0.303. The number of nitrogens with zero attached hydrogens (tertiary/aromatic N) is 1. The quantitative estimate of drug-likeness (QED) is 0.781. The first-order chi connectivity index (χ1) is 7.58. The molecule has 16 heavy (non-hydrogen) atoms. The summed E-state index contributed by atoms with van der Waals surface area (Å²) in [7, 11) is 0. The molecule has 1 saturated heterocycles. The van der Waals surface area contributed by atoms with Gasteiger partial charge in [-0.05, 0) is 45.7 Å². The highest BCUT2D eigenvalue weighted by Crippen LogP contribution is 2.09. The molecular weight excluding hydrogens is 204 g/mol. The maximum absolute atomic E-state index is 11.2. The molecule has 1 N–H and O–H groups in total. The average molecular weight is 228 g/mol. The van der Waals surface area contributed by atoms with E-state index in [1.807, 2.05) is 13.8 Å². The third-order valence-corrected chi connectivity index (χ3v) is 2.71. The molecule has 1 heterocycles. The zero-order valence-electron chi connectivity index (χ0n) is 10.7. The maximum atomic E-state index is 11.2. The molecule has 94 valence electrons. The van der Waals surface area contributed by atoms with Gasteiger partial charge in [0.2, 0.25) is 0 Å². The predicted octanol–water partition coefficient (Wildman–Crippen LogP) is 1.85. The zero-order chi connectivity index (χ0) is 12.0. The van der Waals surface area contributed by atoms with Crippen LogP contribution < -0.4 is 5.32 Å². The summed E-state index contributed by atoms with van der Waals surface area (Å²) in [6.45, 7) is 10.1. The summed E-state index contributed by atoms with van der Waals surface area (Å²) >= 11 is 0. The molecule has 1 aliphatic rings. The van der Waals surface area contributed by atoms with Crippen LogP contribution in [0.3, 0.4) is 0 Å². The topological polar surface area (TPSA) is 41.6 Å². The van der Waals surface area contributed by atoms with E-state index in [9.17, 15) is 4.79 Å². The molecule has 0 aliphatic carbocycles. The van der Waals surface area contributed by atoms with Crippen molar-refractivity contribution in [2.45, 2.75) is 39.7 Å². The fourth-order valence-corrected chi connectivity index (χ4v) is 1.98. The molecule has 1 aliphatic heterocycles. The molecule has 0 aromatic carbocycles. The number of likely N-dealkylation sites (tertiary alicyclic amines) is 1. The molecule has 0 radical (unpaired) electrons. The Bertz CT molecular complexity index is 213. The largest absolute Gasteiger partial charge is 0.447 e. The molecule has 0 spiro atoms. The van der Waals surface area contributed by atoms with Crippen molar-refractivity contribution >= 4 is 6.09 Å². The monoisotopic (exact) mass is 228 g/mol. The molecule has 0 aromatic rings. The van der Waals surface area contributed by atoms with Gasteiger partial charge in [-0.25, -0.2) is 4.79 Å². The number of carbonyl (C=O) groups excluding carboxylic acids is 1. The smallest absolute Gasteiger partial charge is 0.407 e. The van der Waals surface area contributed by atoms with Gasteiger partial charge in [-0.15, -0.1) is 0 Å². The Hall–Kier alpha value is -0.770. The molecule has 0 aromatic heterocycles. The van der Waals surface area contributed by atoms with Gasteiger partial charge in [-0.2, -0.15) is 0 Å². The summed E-state index contributed by atoms with van der Waals surface area (Å²) < 4.78 is 5.01. The van der Waals surface area contributed by atoms with Gasteiger partial charge in [0.1, 0.15) is 0 Å². The molecule has 1 fully saturated rings. The number of nitrogens with one attached hydrogen (secondary N) is 1. The van der Waals surface area contributed by atoms with Crippen LogP contribution >= 0.6 is 0 Å². The van der Waals surface area contributed by atoms with Gasteiger partial charge >= 0.3 is 6.09 Å². The van der Waals surface area contributed by atoms with Crippen molar-refractivity contribution in [3.8, 4) is 0 Å². The van der Waals surface area contributed by atoms with Crippen LogP contribution in [0.25, 0.3) is 0 Å². The van der Waals surface area contributed by atoms with Gasteiger partial charge in [-0.3, -0.25) is 0 Å². The van der Waals surface area contributed by atoms with E-state index in [0.29, 0.717) is 12.5 Å². The van der Waals surface area contributed by atoms with Gasteiger partial charge in [0.25, 0.3) is 0 Å². The van der Waals surface area contributed by atoms with E-state index in [2.05, 4.69) is 17.1 Å². The molecule has 0 saturated carbocycles.